The normalized spacial score (nSPS) is 23.4. The molecule has 3 rings (SSSR count). The maximum absolute atomic E-state index is 5.84. The summed E-state index contributed by atoms with van der Waals surface area (Å²) in [5.41, 5.74) is 7.48. The van der Waals surface area contributed by atoms with E-state index in [4.69, 9.17) is 10.5 Å². The zero-order valence-corrected chi connectivity index (χ0v) is 11.0. The molecule has 1 fully saturated rings. The van der Waals surface area contributed by atoms with Crippen LogP contribution in [0.4, 0.5) is 11.5 Å². The minimum Gasteiger partial charge on any atom is -0.399 e. The minimum atomic E-state index is 0.296. The molecule has 19 heavy (non-hydrogen) atoms. The lowest BCUT2D eigenvalue weighted by Gasteiger charge is -2.28. The highest BCUT2D eigenvalue weighted by atomic mass is 16.5. The molecule has 100 valence electrons. The Kier molecular flexibility index (Phi) is 3.21. The van der Waals surface area contributed by atoms with Crippen molar-refractivity contribution in [3.05, 3.63) is 24.5 Å². The predicted octanol–water partition coefficient (Wildman–Crippen LogP) is 2.19. The summed E-state index contributed by atoms with van der Waals surface area (Å²) in [6.45, 7) is 2.90. The number of benzene rings is 1. The molecule has 0 radical (unpaired) electrons. The maximum atomic E-state index is 5.84. The highest BCUT2D eigenvalue weighted by Gasteiger charge is 2.20. The van der Waals surface area contributed by atoms with E-state index in [2.05, 4.69) is 22.2 Å². The Morgan fingerprint density at radius 2 is 2.26 bits per heavy atom. The van der Waals surface area contributed by atoms with E-state index in [1.165, 1.54) is 0 Å². The summed E-state index contributed by atoms with van der Waals surface area (Å²) in [4.78, 5) is 8.61. The summed E-state index contributed by atoms with van der Waals surface area (Å²) >= 11 is 0. The van der Waals surface area contributed by atoms with E-state index in [1.807, 2.05) is 18.2 Å². The molecule has 2 heterocycles. The highest BCUT2D eigenvalue weighted by Crippen LogP contribution is 2.24. The molecule has 5 heteroatoms. The first-order valence-electron chi connectivity index (χ1n) is 6.61. The van der Waals surface area contributed by atoms with Gasteiger partial charge in [-0.1, -0.05) is 0 Å². The molecule has 0 bridgehead atoms. The first-order valence-corrected chi connectivity index (χ1v) is 6.61. The Labute approximate surface area is 112 Å². The van der Waals surface area contributed by atoms with Gasteiger partial charge in [0.1, 0.15) is 12.1 Å². The molecule has 0 spiro atoms. The van der Waals surface area contributed by atoms with Crippen molar-refractivity contribution >= 4 is 22.4 Å². The predicted molar refractivity (Wildman–Crippen MR) is 76.0 cm³/mol. The number of hydrogen-bond acceptors (Lipinski definition) is 5. The van der Waals surface area contributed by atoms with Crippen LogP contribution >= 0.6 is 0 Å². The van der Waals surface area contributed by atoms with Crippen molar-refractivity contribution < 1.29 is 4.74 Å². The van der Waals surface area contributed by atoms with Crippen molar-refractivity contribution in [2.24, 2.45) is 0 Å². The summed E-state index contributed by atoms with van der Waals surface area (Å²) < 4.78 is 5.56. The van der Waals surface area contributed by atoms with Crippen LogP contribution in [0.5, 0.6) is 0 Å². The number of hydrogen-bond donors (Lipinski definition) is 2. The van der Waals surface area contributed by atoms with E-state index in [0.717, 1.165) is 41.9 Å². The largest absolute Gasteiger partial charge is 0.399 e. The van der Waals surface area contributed by atoms with E-state index < -0.39 is 0 Å². The molecular weight excluding hydrogens is 240 g/mol. The molecular formula is C14H18N4O. The van der Waals surface area contributed by atoms with Gasteiger partial charge in [-0.25, -0.2) is 9.97 Å². The zero-order chi connectivity index (χ0) is 13.2. The van der Waals surface area contributed by atoms with Crippen LogP contribution in [0.15, 0.2) is 24.5 Å². The van der Waals surface area contributed by atoms with Crippen molar-refractivity contribution in [2.45, 2.75) is 31.9 Å². The third kappa shape index (κ3) is 2.61. The molecule has 0 aliphatic carbocycles. The van der Waals surface area contributed by atoms with Crippen LogP contribution in [0.25, 0.3) is 10.9 Å². The van der Waals surface area contributed by atoms with Crippen LogP contribution in [-0.2, 0) is 4.74 Å². The summed E-state index contributed by atoms with van der Waals surface area (Å²) in [6.07, 6.45) is 3.87. The Balaban J connectivity index is 1.89. The lowest BCUT2D eigenvalue weighted by atomic mass is 10.0. The Morgan fingerprint density at radius 1 is 1.37 bits per heavy atom. The number of nitrogens with two attached hydrogens (primary N) is 1. The molecule has 2 atom stereocenters. The van der Waals surface area contributed by atoms with Crippen molar-refractivity contribution in [1.29, 1.82) is 0 Å². The van der Waals surface area contributed by atoms with Crippen molar-refractivity contribution in [1.82, 2.24) is 9.97 Å². The van der Waals surface area contributed by atoms with Crippen LogP contribution in [0.1, 0.15) is 19.8 Å². The third-order valence-electron chi connectivity index (χ3n) is 3.49. The van der Waals surface area contributed by atoms with Gasteiger partial charge in [0.15, 0.2) is 0 Å². The van der Waals surface area contributed by atoms with E-state index in [9.17, 15) is 0 Å². The smallest absolute Gasteiger partial charge is 0.137 e. The van der Waals surface area contributed by atoms with Crippen molar-refractivity contribution in [2.75, 3.05) is 17.7 Å². The third-order valence-corrected chi connectivity index (χ3v) is 3.49. The number of nitrogens with one attached hydrogen (secondary N) is 1. The number of fused-ring (bicyclic) bond motifs is 1. The van der Waals surface area contributed by atoms with E-state index in [1.54, 1.807) is 6.33 Å². The van der Waals surface area contributed by atoms with Crippen LogP contribution in [0.3, 0.4) is 0 Å². The lowest BCUT2D eigenvalue weighted by Crippen LogP contribution is -2.32. The fourth-order valence-electron chi connectivity index (χ4n) is 2.51. The second-order valence-electron chi connectivity index (χ2n) is 5.05. The monoisotopic (exact) mass is 258 g/mol. The van der Waals surface area contributed by atoms with Crippen LogP contribution in [-0.4, -0.2) is 28.7 Å². The average molecular weight is 258 g/mol. The second-order valence-corrected chi connectivity index (χ2v) is 5.05. The Bertz CT molecular complexity index is 587. The van der Waals surface area contributed by atoms with Crippen LogP contribution in [0, 0.1) is 0 Å². The van der Waals surface area contributed by atoms with Crippen LogP contribution < -0.4 is 11.1 Å². The quantitative estimate of drug-likeness (QED) is 0.808. The summed E-state index contributed by atoms with van der Waals surface area (Å²) in [5, 5.41) is 4.47. The molecule has 1 aromatic carbocycles. The Morgan fingerprint density at radius 3 is 3.11 bits per heavy atom. The van der Waals surface area contributed by atoms with E-state index in [-0.39, 0.29) is 0 Å². The average Bonchev–Trinajstić information content (AvgIpc) is 2.39. The molecule has 1 aliphatic rings. The van der Waals surface area contributed by atoms with Crippen LogP contribution in [0.2, 0.25) is 0 Å². The molecule has 1 saturated heterocycles. The van der Waals surface area contributed by atoms with E-state index >= 15 is 0 Å². The fraction of sp³-hybridized carbons (Fsp3) is 0.429. The molecule has 0 amide bonds. The number of rotatable bonds is 2. The van der Waals surface area contributed by atoms with Gasteiger partial charge in [-0.3, -0.25) is 0 Å². The van der Waals surface area contributed by atoms with Crippen molar-refractivity contribution in [3.8, 4) is 0 Å². The number of nitrogens with zero attached hydrogens (tertiary/aromatic N) is 2. The lowest BCUT2D eigenvalue weighted by molar-refractivity contribution is 0.0232. The number of ether oxygens (including phenoxy) is 1. The fourth-order valence-corrected chi connectivity index (χ4v) is 2.51. The van der Waals surface area contributed by atoms with E-state index in [0.29, 0.717) is 12.1 Å². The number of anilines is 2. The van der Waals surface area contributed by atoms with Gasteiger partial charge in [-0.15, -0.1) is 0 Å². The molecule has 1 aliphatic heterocycles. The standard InChI is InChI=1S/C14H18N4O/c1-9-6-11(4-5-19-9)18-14-12-7-10(15)2-3-13(12)16-8-17-14/h2-3,7-9,11H,4-6,15H2,1H3,(H,16,17,18). The minimum absolute atomic E-state index is 0.296. The zero-order valence-electron chi connectivity index (χ0n) is 11.0. The molecule has 1 aromatic heterocycles. The number of nitrogen functional groups attached to an aromatic ring is 1. The SMILES string of the molecule is CC1CC(Nc2ncnc3ccc(N)cc23)CCO1. The van der Waals surface area contributed by atoms with Gasteiger partial charge >= 0.3 is 0 Å². The van der Waals surface area contributed by atoms with Gasteiger partial charge in [0.2, 0.25) is 0 Å². The Hall–Kier alpha value is -1.88. The highest BCUT2D eigenvalue weighted by molar-refractivity contribution is 5.91. The maximum Gasteiger partial charge on any atom is 0.137 e. The summed E-state index contributed by atoms with van der Waals surface area (Å²) in [6, 6.07) is 6.09. The van der Waals surface area contributed by atoms with Gasteiger partial charge in [-0.2, -0.15) is 0 Å². The molecule has 2 unspecified atom stereocenters. The first kappa shape index (κ1) is 12.2. The van der Waals surface area contributed by atoms with Gasteiger partial charge in [-0.05, 0) is 38.0 Å². The molecule has 2 aromatic rings. The second kappa shape index (κ2) is 5.01. The molecule has 5 nitrogen and oxygen atoms in total. The topological polar surface area (TPSA) is 73.1 Å². The summed E-state index contributed by atoms with van der Waals surface area (Å²) in [5.74, 6) is 0.858. The van der Waals surface area contributed by atoms with Crippen molar-refractivity contribution in [3.63, 3.8) is 0 Å². The number of aromatic nitrogens is 2. The van der Waals surface area contributed by atoms with Gasteiger partial charge in [0, 0.05) is 23.7 Å². The molecule has 3 N–H and O–H groups in total. The van der Waals surface area contributed by atoms with Gasteiger partial charge in [0.25, 0.3) is 0 Å². The van der Waals surface area contributed by atoms with Gasteiger partial charge in [0.05, 0.1) is 11.6 Å². The first-order chi connectivity index (χ1) is 9.22. The van der Waals surface area contributed by atoms with Gasteiger partial charge < -0.3 is 15.8 Å². The summed E-state index contributed by atoms with van der Waals surface area (Å²) in [7, 11) is 0. The molecule has 0 saturated carbocycles.